The Morgan fingerprint density at radius 1 is 0.933 bits per heavy atom. The average molecular weight is 410 g/mol. The molecular weight excluding hydrogens is 378 g/mol. The number of amides is 2. The lowest BCUT2D eigenvalue weighted by Crippen LogP contribution is -2.50. The van der Waals surface area contributed by atoms with Crippen LogP contribution < -0.4 is 5.73 Å². The molecular formula is C24H31N3O3. The molecule has 0 saturated carbocycles. The van der Waals surface area contributed by atoms with Crippen molar-refractivity contribution in [3.63, 3.8) is 0 Å². The molecule has 1 heterocycles. The first-order valence-electron chi connectivity index (χ1n) is 10.6. The van der Waals surface area contributed by atoms with Crippen molar-refractivity contribution in [1.82, 2.24) is 9.80 Å². The first-order valence-corrected chi connectivity index (χ1v) is 10.6. The maximum Gasteiger partial charge on any atom is 0.404 e. The van der Waals surface area contributed by atoms with Crippen LogP contribution in [-0.4, -0.2) is 54.6 Å². The van der Waals surface area contributed by atoms with Crippen molar-refractivity contribution in [1.29, 1.82) is 0 Å². The smallest absolute Gasteiger partial charge is 0.404 e. The topological polar surface area (TPSA) is 75.9 Å². The SMILES string of the molecule is C[C@@H](CCOC(N)=O)CC(=O)N1CCN(C(c2ccccc2)c2ccccc2)CC1. The van der Waals surface area contributed by atoms with Crippen LogP contribution in [0.2, 0.25) is 0 Å². The molecule has 0 spiro atoms. The lowest BCUT2D eigenvalue weighted by atomic mass is 9.96. The number of piperazine rings is 1. The van der Waals surface area contributed by atoms with Crippen LogP contribution in [0.15, 0.2) is 60.7 Å². The minimum Gasteiger partial charge on any atom is -0.450 e. The molecule has 1 aliphatic rings. The van der Waals surface area contributed by atoms with E-state index >= 15 is 0 Å². The molecule has 30 heavy (non-hydrogen) atoms. The zero-order valence-electron chi connectivity index (χ0n) is 17.6. The molecule has 6 heteroatoms. The van der Waals surface area contributed by atoms with E-state index in [2.05, 4.69) is 53.4 Å². The molecule has 0 unspecified atom stereocenters. The summed E-state index contributed by atoms with van der Waals surface area (Å²) in [5.74, 6) is 0.313. The summed E-state index contributed by atoms with van der Waals surface area (Å²) >= 11 is 0. The highest BCUT2D eigenvalue weighted by molar-refractivity contribution is 5.76. The molecule has 2 N–H and O–H groups in total. The Bertz CT molecular complexity index is 765. The summed E-state index contributed by atoms with van der Waals surface area (Å²) in [6.45, 7) is 5.37. The molecule has 1 atom stereocenters. The summed E-state index contributed by atoms with van der Waals surface area (Å²) in [6, 6.07) is 21.3. The average Bonchev–Trinajstić information content (AvgIpc) is 2.75. The summed E-state index contributed by atoms with van der Waals surface area (Å²) in [7, 11) is 0. The van der Waals surface area contributed by atoms with Gasteiger partial charge in [-0.1, -0.05) is 67.6 Å². The molecule has 3 rings (SSSR count). The number of carbonyl (C=O) groups excluding carboxylic acids is 2. The van der Waals surface area contributed by atoms with Gasteiger partial charge in [-0.25, -0.2) is 4.79 Å². The molecule has 1 saturated heterocycles. The Balaban J connectivity index is 1.57. The van der Waals surface area contributed by atoms with E-state index in [1.54, 1.807) is 0 Å². The summed E-state index contributed by atoms with van der Waals surface area (Å²) in [6.07, 6.45) is 0.331. The van der Waals surface area contributed by atoms with Crippen molar-refractivity contribution in [2.75, 3.05) is 32.8 Å². The molecule has 160 valence electrons. The molecule has 1 fully saturated rings. The maximum absolute atomic E-state index is 12.7. The van der Waals surface area contributed by atoms with Gasteiger partial charge in [-0.05, 0) is 23.5 Å². The van der Waals surface area contributed by atoms with Gasteiger partial charge < -0.3 is 15.4 Å². The van der Waals surface area contributed by atoms with Gasteiger partial charge in [0.1, 0.15) is 0 Å². The van der Waals surface area contributed by atoms with Gasteiger partial charge in [0, 0.05) is 32.6 Å². The minimum atomic E-state index is -0.768. The Morgan fingerprint density at radius 2 is 1.47 bits per heavy atom. The fraction of sp³-hybridized carbons (Fsp3) is 0.417. The van der Waals surface area contributed by atoms with E-state index in [9.17, 15) is 9.59 Å². The number of rotatable bonds is 8. The zero-order valence-corrected chi connectivity index (χ0v) is 17.6. The van der Waals surface area contributed by atoms with E-state index in [4.69, 9.17) is 10.5 Å². The number of hydrogen-bond acceptors (Lipinski definition) is 4. The number of nitrogens with zero attached hydrogens (tertiary/aromatic N) is 2. The van der Waals surface area contributed by atoms with Crippen molar-refractivity contribution < 1.29 is 14.3 Å². The van der Waals surface area contributed by atoms with E-state index in [1.807, 2.05) is 24.0 Å². The first-order chi connectivity index (χ1) is 14.5. The highest BCUT2D eigenvalue weighted by Gasteiger charge is 2.28. The van der Waals surface area contributed by atoms with Crippen LogP contribution in [0.25, 0.3) is 0 Å². The summed E-state index contributed by atoms with van der Waals surface area (Å²) in [5, 5.41) is 0. The van der Waals surface area contributed by atoms with Crippen LogP contribution in [0.4, 0.5) is 4.79 Å². The van der Waals surface area contributed by atoms with Gasteiger partial charge in [0.15, 0.2) is 0 Å². The number of benzene rings is 2. The second kappa shape index (κ2) is 10.8. The fourth-order valence-corrected chi connectivity index (χ4v) is 4.00. The van der Waals surface area contributed by atoms with Crippen LogP contribution in [-0.2, 0) is 9.53 Å². The molecule has 0 aromatic heterocycles. The molecule has 0 bridgehead atoms. The number of nitrogens with two attached hydrogens (primary N) is 1. The van der Waals surface area contributed by atoms with Crippen molar-refractivity contribution in [2.24, 2.45) is 11.7 Å². The standard InChI is InChI=1S/C24H31N3O3/c1-19(12-17-30-24(25)29)18-22(28)26-13-15-27(16-14-26)23(20-8-4-2-5-9-20)21-10-6-3-7-11-21/h2-11,19,23H,12-18H2,1H3,(H2,25,29)/t19-/m0/s1. The molecule has 0 radical (unpaired) electrons. The van der Waals surface area contributed by atoms with Crippen molar-refractivity contribution in [3.05, 3.63) is 71.8 Å². The van der Waals surface area contributed by atoms with Crippen molar-refractivity contribution in [3.8, 4) is 0 Å². The van der Waals surface area contributed by atoms with E-state index in [1.165, 1.54) is 11.1 Å². The first kappa shape index (κ1) is 21.8. The zero-order chi connectivity index (χ0) is 21.3. The monoisotopic (exact) mass is 409 g/mol. The second-order valence-corrected chi connectivity index (χ2v) is 7.91. The quantitative estimate of drug-likeness (QED) is 0.725. The Hall–Kier alpha value is -2.86. The maximum atomic E-state index is 12.7. The van der Waals surface area contributed by atoms with Crippen LogP contribution in [0.5, 0.6) is 0 Å². The highest BCUT2D eigenvalue weighted by atomic mass is 16.5. The van der Waals surface area contributed by atoms with Crippen molar-refractivity contribution >= 4 is 12.0 Å². The largest absolute Gasteiger partial charge is 0.450 e. The molecule has 2 amide bonds. The van der Waals surface area contributed by atoms with Gasteiger partial charge in [-0.15, -0.1) is 0 Å². The van der Waals surface area contributed by atoms with Gasteiger partial charge in [-0.2, -0.15) is 0 Å². The Kier molecular flexibility index (Phi) is 7.85. The van der Waals surface area contributed by atoms with Crippen molar-refractivity contribution in [2.45, 2.75) is 25.8 Å². The van der Waals surface area contributed by atoms with E-state index in [0.29, 0.717) is 12.8 Å². The van der Waals surface area contributed by atoms with Gasteiger partial charge in [-0.3, -0.25) is 9.69 Å². The molecule has 6 nitrogen and oxygen atoms in total. The van der Waals surface area contributed by atoms with E-state index in [-0.39, 0.29) is 24.5 Å². The van der Waals surface area contributed by atoms with Gasteiger partial charge in [0.2, 0.25) is 5.91 Å². The lowest BCUT2D eigenvalue weighted by Gasteiger charge is -2.40. The second-order valence-electron chi connectivity index (χ2n) is 7.91. The van der Waals surface area contributed by atoms with Gasteiger partial charge in [0.25, 0.3) is 0 Å². The number of carbonyl (C=O) groups is 2. The third kappa shape index (κ3) is 6.07. The van der Waals surface area contributed by atoms with Crippen LogP contribution >= 0.6 is 0 Å². The van der Waals surface area contributed by atoms with Crippen LogP contribution in [0.1, 0.15) is 36.9 Å². The summed E-state index contributed by atoms with van der Waals surface area (Å²) in [5.41, 5.74) is 7.52. The fourth-order valence-electron chi connectivity index (χ4n) is 4.00. The normalized spacial score (nSPS) is 15.7. The number of primary amides is 1. The third-order valence-electron chi connectivity index (χ3n) is 5.64. The van der Waals surface area contributed by atoms with Crippen LogP contribution in [0.3, 0.4) is 0 Å². The molecule has 0 aliphatic carbocycles. The highest BCUT2D eigenvalue weighted by Crippen LogP contribution is 2.29. The Morgan fingerprint density at radius 3 is 1.97 bits per heavy atom. The van der Waals surface area contributed by atoms with E-state index < -0.39 is 6.09 Å². The van der Waals surface area contributed by atoms with Gasteiger partial charge >= 0.3 is 6.09 Å². The van der Waals surface area contributed by atoms with Gasteiger partial charge in [0.05, 0.1) is 12.6 Å². The molecule has 2 aromatic carbocycles. The predicted octanol–water partition coefficient (Wildman–Crippen LogP) is 3.43. The lowest BCUT2D eigenvalue weighted by molar-refractivity contribution is -0.134. The molecule has 2 aromatic rings. The minimum absolute atomic E-state index is 0.149. The predicted molar refractivity (Wildman–Crippen MR) is 117 cm³/mol. The summed E-state index contributed by atoms with van der Waals surface area (Å²) in [4.78, 5) is 27.8. The summed E-state index contributed by atoms with van der Waals surface area (Å²) < 4.78 is 4.77. The van der Waals surface area contributed by atoms with Crippen LogP contribution in [0, 0.1) is 5.92 Å². The number of ether oxygens (including phenoxy) is 1. The molecule has 1 aliphatic heterocycles. The van der Waals surface area contributed by atoms with E-state index in [0.717, 1.165) is 26.2 Å². The number of hydrogen-bond donors (Lipinski definition) is 1. The Labute approximate surface area is 178 Å². The third-order valence-corrected chi connectivity index (χ3v) is 5.64.